The zero-order chi connectivity index (χ0) is 23.7. The first-order valence-electron chi connectivity index (χ1n) is 11.7. The average molecular weight is 476 g/mol. The molecule has 0 radical (unpaired) electrons. The van der Waals surface area contributed by atoms with Crippen LogP contribution in [0.3, 0.4) is 0 Å². The molecule has 0 aliphatic carbocycles. The van der Waals surface area contributed by atoms with E-state index in [2.05, 4.69) is 17.0 Å². The van der Waals surface area contributed by atoms with Crippen LogP contribution in [-0.2, 0) is 23.0 Å². The van der Waals surface area contributed by atoms with Gasteiger partial charge >= 0.3 is 0 Å². The van der Waals surface area contributed by atoms with Crippen molar-refractivity contribution >= 4 is 21.6 Å². The highest BCUT2D eigenvalue weighted by molar-refractivity contribution is 7.92. The normalized spacial score (nSPS) is 18.7. The Morgan fingerprint density at radius 2 is 1.59 bits per heavy atom. The van der Waals surface area contributed by atoms with Gasteiger partial charge in [-0.2, -0.15) is 0 Å². The highest BCUT2D eigenvalue weighted by atomic mass is 32.2. The molecule has 2 heterocycles. The molecule has 1 amide bonds. The molecule has 3 aromatic carbocycles. The first-order valence-corrected chi connectivity index (χ1v) is 13.2. The summed E-state index contributed by atoms with van der Waals surface area (Å²) in [7, 11) is -3.78. The monoisotopic (exact) mass is 475 g/mol. The van der Waals surface area contributed by atoms with Crippen LogP contribution in [0.2, 0.25) is 0 Å². The van der Waals surface area contributed by atoms with Gasteiger partial charge in [0.1, 0.15) is 0 Å². The molecule has 176 valence electrons. The summed E-state index contributed by atoms with van der Waals surface area (Å²) >= 11 is 0. The van der Waals surface area contributed by atoms with E-state index >= 15 is 0 Å². The minimum atomic E-state index is -3.78. The molecule has 34 heavy (non-hydrogen) atoms. The van der Waals surface area contributed by atoms with E-state index in [1.807, 2.05) is 54.3 Å². The van der Waals surface area contributed by atoms with Crippen LogP contribution in [0.15, 0.2) is 83.8 Å². The maximum atomic E-state index is 13.6. The molecule has 5 rings (SSSR count). The van der Waals surface area contributed by atoms with Crippen LogP contribution in [0.1, 0.15) is 28.4 Å². The molecule has 1 atom stereocenters. The number of nitrogens with zero attached hydrogens (tertiary/aromatic N) is 3. The summed E-state index contributed by atoms with van der Waals surface area (Å²) in [5, 5.41) is 0. The first kappa shape index (κ1) is 22.6. The lowest BCUT2D eigenvalue weighted by molar-refractivity contribution is 0.0628. The number of anilines is 1. The largest absolute Gasteiger partial charge is 0.336 e. The Morgan fingerprint density at radius 1 is 0.882 bits per heavy atom. The van der Waals surface area contributed by atoms with Crippen molar-refractivity contribution in [3.8, 4) is 0 Å². The van der Waals surface area contributed by atoms with Gasteiger partial charge in [0.2, 0.25) is 0 Å². The summed E-state index contributed by atoms with van der Waals surface area (Å²) in [6.45, 7) is 5.62. The Balaban J connectivity index is 1.30. The lowest BCUT2D eigenvalue weighted by Crippen LogP contribution is -2.48. The lowest BCUT2D eigenvalue weighted by Gasteiger charge is -2.35. The van der Waals surface area contributed by atoms with Crippen LogP contribution >= 0.6 is 0 Å². The Kier molecular flexibility index (Phi) is 6.15. The smallest absolute Gasteiger partial charge is 0.264 e. The minimum Gasteiger partial charge on any atom is -0.336 e. The van der Waals surface area contributed by atoms with Crippen molar-refractivity contribution in [1.29, 1.82) is 0 Å². The van der Waals surface area contributed by atoms with Crippen LogP contribution in [0.25, 0.3) is 0 Å². The maximum Gasteiger partial charge on any atom is 0.264 e. The van der Waals surface area contributed by atoms with Gasteiger partial charge in [-0.3, -0.25) is 14.0 Å². The maximum absolute atomic E-state index is 13.6. The Bertz CT molecular complexity index is 1290. The van der Waals surface area contributed by atoms with Gasteiger partial charge in [0, 0.05) is 44.3 Å². The first-order chi connectivity index (χ1) is 16.4. The predicted molar refractivity (Wildman–Crippen MR) is 133 cm³/mol. The number of para-hydroxylation sites is 1. The Morgan fingerprint density at radius 3 is 2.35 bits per heavy atom. The second-order valence-corrected chi connectivity index (χ2v) is 10.9. The lowest BCUT2D eigenvalue weighted by atomic mass is 10.1. The Hall–Kier alpha value is -3.16. The van der Waals surface area contributed by atoms with Gasteiger partial charge in [-0.15, -0.1) is 0 Å². The third-order valence-corrected chi connectivity index (χ3v) is 8.62. The summed E-state index contributed by atoms with van der Waals surface area (Å²) in [4.78, 5) is 17.5. The van der Waals surface area contributed by atoms with Crippen molar-refractivity contribution in [2.75, 3.05) is 30.5 Å². The molecule has 2 aliphatic rings. The molecule has 7 heteroatoms. The molecule has 1 fully saturated rings. The van der Waals surface area contributed by atoms with E-state index in [1.165, 1.54) is 15.9 Å². The Labute approximate surface area is 201 Å². The number of hydrogen-bond acceptors (Lipinski definition) is 4. The van der Waals surface area contributed by atoms with Gasteiger partial charge in [-0.1, -0.05) is 54.6 Å². The molecule has 0 unspecified atom stereocenters. The zero-order valence-electron chi connectivity index (χ0n) is 19.3. The fraction of sp³-hybridized carbons (Fsp3) is 0.296. The average Bonchev–Trinajstić information content (AvgIpc) is 3.21. The van der Waals surface area contributed by atoms with E-state index in [1.54, 1.807) is 18.2 Å². The van der Waals surface area contributed by atoms with Gasteiger partial charge in [0.05, 0.1) is 10.6 Å². The number of benzene rings is 3. The van der Waals surface area contributed by atoms with Crippen LogP contribution in [0, 0.1) is 0 Å². The fourth-order valence-electron chi connectivity index (χ4n) is 4.94. The number of fused-ring (bicyclic) bond motifs is 1. The number of amides is 1. The van der Waals surface area contributed by atoms with Gasteiger partial charge in [-0.25, -0.2) is 8.42 Å². The summed E-state index contributed by atoms with van der Waals surface area (Å²) in [5.41, 5.74) is 3.43. The molecule has 0 bridgehead atoms. The van der Waals surface area contributed by atoms with Crippen molar-refractivity contribution in [2.45, 2.75) is 30.8 Å². The molecule has 0 spiro atoms. The highest BCUT2D eigenvalue weighted by Gasteiger charge is 2.36. The number of sulfonamides is 1. The zero-order valence-corrected chi connectivity index (χ0v) is 20.1. The third-order valence-electron chi connectivity index (χ3n) is 6.69. The van der Waals surface area contributed by atoms with Crippen LogP contribution in [-0.4, -0.2) is 56.3 Å². The number of rotatable bonds is 5. The fourth-order valence-corrected chi connectivity index (χ4v) is 6.68. The molecule has 3 aromatic rings. The number of carbonyl (C=O) groups excluding carboxylic acids is 1. The standard InChI is InChI=1S/C27H29N3O3S/c1-21-18-23-10-5-6-13-26(23)30(21)34(32,33)25-12-7-11-24(19-25)27(31)29-16-14-28(15-17-29)20-22-8-3-2-4-9-22/h2-13,19,21H,14-18,20H2,1H3/t21-/m1/s1. The van der Waals surface area contributed by atoms with E-state index in [9.17, 15) is 13.2 Å². The molecule has 0 aromatic heterocycles. The van der Waals surface area contributed by atoms with E-state index in [0.717, 1.165) is 30.9 Å². The predicted octanol–water partition coefficient (Wildman–Crippen LogP) is 3.78. The second-order valence-electron chi connectivity index (χ2n) is 9.06. The molecule has 0 N–H and O–H groups in total. The molecule has 0 saturated carbocycles. The van der Waals surface area contributed by atoms with Crippen molar-refractivity contribution < 1.29 is 13.2 Å². The summed E-state index contributed by atoms with van der Waals surface area (Å²) < 4.78 is 28.6. The number of carbonyl (C=O) groups is 1. The quantitative estimate of drug-likeness (QED) is 0.564. The van der Waals surface area contributed by atoms with E-state index in [0.29, 0.717) is 25.1 Å². The summed E-state index contributed by atoms with van der Waals surface area (Å²) in [6.07, 6.45) is 0.682. The SMILES string of the molecule is C[C@@H]1Cc2ccccc2N1S(=O)(=O)c1cccc(C(=O)N2CCN(Cc3ccccc3)CC2)c1. The van der Waals surface area contributed by atoms with Gasteiger partial charge < -0.3 is 4.90 Å². The third kappa shape index (κ3) is 4.33. The second kappa shape index (κ2) is 9.24. The van der Waals surface area contributed by atoms with Gasteiger partial charge in [-0.05, 0) is 48.7 Å². The molecule has 6 nitrogen and oxygen atoms in total. The van der Waals surface area contributed by atoms with Crippen LogP contribution in [0.5, 0.6) is 0 Å². The number of piperazine rings is 1. The van der Waals surface area contributed by atoms with Gasteiger partial charge in [0.15, 0.2) is 0 Å². The highest BCUT2D eigenvalue weighted by Crippen LogP contribution is 2.36. The van der Waals surface area contributed by atoms with Crippen molar-refractivity contribution in [2.24, 2.45) is 0 Å². The van der Waals surface area contributed by atoms with Crippen molar-refractivity contribution in [1.82, 2.24) is 9.80 Å². The van der Waals surface area contributed by atoms with E-state index < -0.39 is 10.0 Å². The van der Waals surface area contributed by atoms with Gasteiger partial charge in [0.25, 0.3) is 15.9 Å². The summed E-state index contributed by atoms with van der Waals surface area (Å²) in [6, 6.07) is 24.2. The van der Waals surface area contributed by atoms with E-state index in [4.69, 9.17) is 0 Å². The van der Waals surface area contributed by atoms with Crippen LogP contribution < -0.4 is 4.31 Å². The molecule has 2 aliphatic heterocycles. The van der Waals surface area contributed by atoms with Crippen LogP contribution in [0.4, 0.5) is 5.69 Å². The topological polar surface area (TPSA) is 60.9 Å². The molecular weight excluding hydrogens is 446 g/mol. The minimum absolute atomic E-state index is 0.119. The molecular formula is C27H29N3O3S. The number of hydrogen-bond donors (Lipinski definition) is 0. The van der Waals surface area contributed by atoms with Crippen molar-refractivity contribution in [3.05, 3.63) is 95.6 Å². The molecule has 1 saturated heterocycles. The summed E-state index contributed by atoms with van der Waals surface area (Å²) in [5.74, 6) is -0.119. The van der Waals surface area contributed by atoms with Crippen molar-refractivity contribution in [3.63, 3.8) is 0 Å². The van der Waals surface area contributed by atoms with E-state index in [-0.39, 0.29) is 16.8 Å².